The Balaban J connectivity index is 0.996. The smallest absolute Gasteiger partial charge is 0.266 e. The quantitative estimate of drug-likeness (QED) is 0.0951. The summed E-state index contributed by atoms with van der Waals surface area (Å²) in [4.78, 5) is 66.0. The average Bonchev–Trinajstić information content (AvgIpc) is 3.89. The molecule has 10 aromatic carbocycles. The highest BCUT2D eigenvalue weighted by atomic mass is 16.2. The van der Waals surface area contributed by atoms with E-state index in [0.29, 0.717) is 45.1 Å². The Morgan fingerprint density at radius 3 is 1.34 bits per heavy atom. The van der Waals surface area contributed by atoms with Crippen LogP contribution in [0.15, 0.2) is 224 Å². The van der Waals surface area contributed by atoms with Gasteiger partial charge in [-0.25, -0.2) is 4.90 Å². The Morgan fingerprint density at radius 2 is 0.848 bits per heavy atom. The summed E-state index contributed by atoms with van der Waals surface area (Å²) < 4.78 is 2.28. The number of unbranched alkanes of at least 4 members (excludes halogenated alkanes) is 2. The Morgan fingerprint density at radius 1 is 0.380 bits per heavy atom. The molecule has 0 saturated heterocycles. The molecule has 0 unspecified atom stereocenters. The molecule has 384 valence electrons. The van der Waals surface area contributed by atoms with E-state index in [4.69, 9.17) is 0 Å². The van der Waals surface area contributed by atoms with E-state index in [9.17, 15) is 14.4 Å². The lowest BCUT2D eigenvalue weighted by atomic mass is 9.81. The van der Waals surface area contributed by atoms with E-state index in [0.717, 1.165) is 92.9 Å². The number of hydrogen-bond donors (Lipinski definition) is 0. The van der Waals surface area contributed by atoms with E-state index in [1.54, 1.807) is 18.2 Å². The lowest BCUT2D eigenvalue weighted by Gasteiger charge is -2.33. The number of hydrogen-bond acceptors (Lipinski definition) is 6. The predicted octanol–water partition coefficient (Wildman–Crippen LogP) is 17.1. The second kappa shape index (κ2) is 20.3. The summed E-state index contributed by atoms with van der Waals surface area (Å²) in [5.41, 5.74) is 12.9. The first kappa shape index (κ1) is 48.8. The van der Waals surface area contributed by atoms with Gasteiger partial charge in [-0.15, -0.1) is 0 Å². The minimum atomic E-state index is -0.510. The van der Waals surface area contributed by atoms with Crippen molar-refractivity contribution in [3.05, 3.63) is 252 Å². The van der Waals surface area contributed by atoms with Crippen LogP contribution in [0.4, 0.5) is 39.8 Å². The maximum Gasteiger partial charge on any atom is 0.266 e. The van der Waals surface area contributed by atoms with Gasteiger partial charge >= 0.3 is 0 Å². The van der Waals surface area contributed by atoms with Crippen LogP contribution in [0.1, 0.15) is 86.5 Å². The van der Waals surface area contributed by atoms with E-state index >= 15 is 4.79 Å². The molecule has 3 heterocycles. The van der Waals surface area contributed by atoms with Gasteiger partial charge < -0.3 is 14.4 Å². The van der Waals surface area contributed by atoms with Crippen molar-refractivity contribution in [2.75, 3.05) is 21.2 Å². The fourth-order valence-electron chi connectivity index (χ4n) is 11.7. The minimum Gasteiger partial charge on any atom is -0.310 e. The van der Waals surface area contributed by atoms with Gasteiger partial charge in [-0.1, -0.05) is 124 Å². The van der Waals surface area contributed by atoms with Gasteiger partial charge in [0.05, 0.1) is 22.3 Å². The number of carbonyl (C=O) groups excluding carboxylic acids is 4. The molecule has 0 radical (unpaired) electrons. The van der Waals surface area contributed by atoms with Crippen LogP contribution in [0.2, 0.25) is 0 Å². The molecule has 0 saturated carbocycles. The van der Waals surface area contributed by atoms with Gasteiger partial charge in [0.2, 0.25) is 0 Å². The largest absolute Gasteiger partial charge is 0.310 e. The summed E-state index contributed by atoms with van der Waals surface area (Å²) in [7, 11) is 0. The molecule has 0 atom stereocenters. The molecule has 0 N–H and O–H groups in total. The normalized spacial score (nSPS) is 13.0. The zero-order valence-electron chi connectivity index (χ0n) is 44.0. The van der Waals surface area contributed by atoms with Gasteiger partial charge in [0.15, 0.2) is 0 Å². The number of para-hydroxylation sites is 4. The van der Waals surface area contributed by atoms with Crippen molar-refractivity contribution in [1.82, 2.24) is 9.47 Å². The van der Waals surface area contributed by atoms with Gasteiger partial charge in [0, 0.05) is 84.6 Å². The molecule has 0 fully saturated rings. The molecule has 9 nitrogen and oxygen atoms in total. The summed E-state index contributed by atoms with van der Waals surface area (Å²) in [6.45, 7) is 4.43. The van der Waals surface area contributed by atoms with Crippen molar-refractivity contribution in [3.8, 4) is 16.8 Å². The van der Waals surface area contributed by atoms with Crippen LogP contribution in [0.3, 0.4) is 0 Å². The summed E-state index contributed by atoms with van der Waals surface area (Å²) in [5, 5.41) is 2.79. The van der Waals surface area contributed by atoms with Crippen LogP contribution in [0.5, 0.6) is 0 Å². The van der Waals surface area contributed by atoms with E-state index in [1.165, 1.54) is 9.80 Å². The highest BCUT2D eigenvalue weighted by Gasteiger charge is 2.42. The van der Waals surface area contributed by atoms with Gasteiger partial charge in [-0.2, -0.15) is 0 Å². The molecule has 0 bridgehead atoms. The van der Waals surface area contributed by atoms with Crippen molar-refractivity contribution >= 4 is 96.0 Å². The molecular weight excluding hydrogens is 975 g/mol. The third-order valence-corrected chi connectivity index (χ3v) is 15.6. The summed E-state index contributed by atoms with van der Waals surface area (Å²) in [6, 6.07) is 75.7. The molecule has 4 amide bonds. The predicted molar refractivity (Wildman–Crippen MR) is 320 cm³/mol. The first-order valence-corrected chi connectivity index (χ1v) is 27.3. The molecule has 0 spiro atoms. The minimum absolute atomic E-state index is 0.261. The first-order valence-electron chi connectivity index (χ1n) is 27.3. The summed E-state index contributed by atoms with van der Waals surface area (Å²) in [6.07, 6.45) is 4.41. The number of amides is 4. The molecular formula is C70H55N5O4. The van der Waals surface area contributed by atoms with Crippen LogP contribution in [-0.2, 0) is 6.42 Å². The van der Waals surface area contributed by atoms with Crippen LogP contribution >= 0.6 is 0 Å². The standard InChI is InChI=1S/C70H55N5O4/c1-3-5-19-46-28-32-53(33-29-46)75-69(78)57-39-38-56-64-61(68(77)71(67(56)76)42-6-4-2)45-58(66(65(57)64)70(75)79)47-30-34-52(35-31-47)74-62-40-36-54(72(48-20-11-7-12-21-48)49-22-13-8-14-23-49)43-59(62)60-44-55(37-41-63(60)74)73(50-24-15-9-16-25-50)51-26-17-10-18-27-51/h7-18,20-41,43-45H,3-6,19,42H2,1-2H3. The Hall–Kier alpha value is -9.86. The maximum atomic E-state index is 15.3. The van der Waals surface area contributed by atoms with E-state index in [1.807, 2.05) is 67.6 Å². The third-order valence-electron chi connectivity index (χ3n) is 15.6. The van der Waals surface area contributed by atoms with Gasteiger partial charge in [-0.05, 0) is 163 Å². The Labute approximate surface area is 458 Å². The lowest BCUT2D eigenvalue weighted by molar-refractivity contribution is 0.0607. The second-order valence-electron chi connectivity index (χ2n) is 20.4. The van der Waals surface area contributed by atoms with Crippen molar-refractivity contribution in [3.63, 3.8) is 0 Å². The van der Waals surface area contributed by atoms with Gasteiger partial charge in [-0.3, -0.25) is 24.1 Å². The Bertz CT molecular complexity index is 3960. The van der Waals surface area contributed by atoms with E-state index in [2.05, 4.69) is 167 Å². The fourth-order valence-corrected chi connectivity index (χ4v) is 11.7. The number of rotatable bonds is 15. The molecule has 2 aliphatic heterocycles. The van der Waals surface area contributed by atoms with Crippen molar-refractivity contribution in [2.24, 2.45) is 0 Å². The first-order chi connectivity index (χ1) is 38.8. The molecule has 0 aliphatic carbocycles. The van der Waals surface area contributed by atoms with Crippen LogP contribution < -0.4 is 14.7 Å². The lowest BCUT2D eigenvalue weighted by Crippen LogP contribution is -2.44. The van der Waals surface area contributed by atoms with Crippen molar-refractivity contribution in [2.45, 2.75) is 46.0 Å². The van der Waals surface area contributed by atoms with Gasteiger partial charge in [0.25, 0.3) is 23.6 Å². The SMILES string of the molecule is CCCCc1ccc(N2C(=O)c3ccc4c5c(cc(-c6ccc(-n7c8ccc(N(c9ccccc9)c9ccccc9)cc8c8cc(N(c9ccccc9)c9ccccc9)ccc87)cc6)c(c35)C2=O)C(=O)N(CCCC)C4=O)cc1. The van der Waals surface area contributed by atoms with E-state index < -0.39 is 23.6 Å². The molecule has 1 aromatic heterocycles. The van der Waals surface area contributed by atoms with Crippen LogP contribution in [-0.4, -0.2) is 39.6 Å². The highest BCUT2D eigenvalue weighted by molar-refractivity contribution is 6.40. The van der Waals surface area contributed by atoms with Gasteiger partial charge in [0.1, 0.15) is 0 Å². The number of imide groups is 2. The number of nitrogens with zero attached hydrogens (tertiary/aromatic N) is 5. The Kier molecular flexibility index (Phi) is 12.5. The van der Waals surface area contributed by atoms with Crippen LogP contribution in [0, 0.1) is 0 Å². The molecule has 79 heavy (non-hydrogen) atoms. The van der Waals surface area contributed by atoms with E-state index in [-0.39, 0.29) is 17.7 Å². The summed E-state index contributed by atoms with van der Waals surface area (Å²) >= 11 is 0. The second-order valence-corrected chi connectivity index (χ2v) is 20.4. The number of anilines is 7. The van der Waals surface area contributed by atoms with Crippen molar-refractivity contribution in [1.29, 1.82) is 0 Å². The zero-order chi connectivity index (χ0) is 53.7. The average molecular weight is 1030 g/mol. The van der Waals surface area contributed by atoms with Crippen LogP contribution in [0.25, 0.3) is 49.4 Å². The number of carbonyl (C=O) groups is 4. The zero-order valence-corrected chi connectivity index (χ0v) is 44.0. The van der Waals surface area contributed by atoms with Crippen molar-refractivity contribution < 1.29 is 19.2 Å². The number of aromatic nitrogens is 1. The molecule has 2 aliphatic rings. The monoisotopic (exact) mass is 1030 g/mol. The maximum absolute atomic E-state index is 15.3. The molecule has 9 heteroatoms. The molecule has 13 rings (SSSR count). The topological polar surface area (TPSA) is 86.2 Å². The number of benzene rings is 10. The summed E-state index contributed by atoms with van der Waals surface area (Å²) in [5.74, 6) is -1.86. The number of fused-ring (bicyclic) bond motifs is 3. The third kappa shape index (κ3) is 8.33. The highest BCUT2D eigenvalue weighted by Crippen LogP contribution is 2.46. The fraction of sp³-hybridized carbons (Fsp3) is 0.114. The molecule has 11 aromatic rings. The number of aryl methyl sites for hydroxylation is 1.